The molecule has 5 aromatic rings. The van der Waals surface area contributed by atoms with E-state index in [9.17, 15) is 17.6 Å². The highest BCUT2D eigenvalue weighted by atomic mass is 32.2. The van der Waals surface area contributed by atoms with Crippen LogP contribution >= 0.6 is 0 Å². The van der Waals surface area contributed by atoms with Gasteiger partial charge in [0, 0.05) is 29.6 Å². The predicted octanol–water partition coefficient (Wildman–Crippen LogP) is 5.97. The van der Waals surface area contributed by atoms with E-state index in [1.165, 1.54) is 12.1 Å². The Labute approximate surface area is 230 Å². The number of hydrogen-bond acceptors (Lipinski definition) is 7. The normalized spacial score (nSPS) is 11.7. The van der Waals surface area contributed by atoms with Crippen LogP contribution < -0.4 is 14.9 Å². The molecule has 2 aromatic heterocycles. The summed E-state index contributed by atoms with van der Waals surface area (Å²) in [6.45, 7) is 8.41. The zero-order chi connectivity index (χ0) is 28.8. The molecule has 0 atom stereocenters. The van der Waals surface area contributed by atoms with Crippen molar-refractivity contribution in [3.8, 4) is 28.6 Å². The number of sulfonamides is 1. The maximum atomic E-state index is 14.0. The first-order valence-electron chi connectivity index (χ1n) is 12.5. The zero-order valence-corrected chi connectivity index (χ0v) is 23.4. The van der Waals surface area contributed by atoms with Gasteiger partial charge in [0.15, 0.2) is 11.2 Å². The Balaban J connectivity index is 1.75. The van der Waals surface area contributed by atoms with E-state index in [4.69, 9.17) is 9.26 Å². The van der Waals surface area contributed by atoms with E-state index in [1.54, 1.807) is 81.8 Å². The monoisotopic (exact) mass is 562 g/mol. The molecule has 5 rings (SSSR count). The van der Waals surface area contributed by atoms with Crippen LogP contribution in [0.15, 0.2) is 64.0 Å². The molecule has 0 aliphatic rings. The van der Waals surface area contributed by atoms with Crippen molar-refractivity contribution >= 4 is 26.6 Å². The van der Waals surface area contributed by atoms with Crippen LogP contribution in [0.4, 0.5) is 10.1 Å². The van der Waals surface area contributed by atoms with Crippen molar-refractivity contribution in [1.29, 1.82) is 0 Å². The fraction of sp³-hybridized carbons (Fsp3) is 0.207. The van der Waals surface area contributed by atoms with Gasteiger partial charge in [-0.1, -0.05) is 5.16 Å². The molecule has 0 bridgehead atoms. The highest BCUT2D eigenvalue weighted by Gasteiger charge is 2.18. The lowest BCUT2D eigenvalue weighted by molar-refractivity contribution is 0.394. The highest BCUT2D eigenvalue weighted by molar-refractivity contribution is 7.92. The SMILES string of the molecule is CCS(=O)(=O)Nc1ccc(Oc2c(C)cc(F)cc2C)c(-n2cc(C)c(=O)c3cc(-c4noc(C)n4)ccc32)c1. The smallest absolute Gasteiger partial charge is 0.232 e. The molecule has 0 aliphatic heterocycles. The summed E-state index contributed by atoms with van der Waals surface area (Å²) >= 11 is 0. The number of hydrogen-bond donors (Lipinski definition) is 1. The molecule has 3 aromatic carbocycles. The number of fused-ring (bicyclic) bond motifs is 1. The Morgan fingerprint density at radius 1 is 1.00 bits per heavy atom. The van der Waals surface area contributed by atoms with Crippen molar-refractivity contribution in [2.24, 2.45) is 0 Å². The molecule has 0 spiro atoms. The number of aryl methyl sites for hydroxylation is 4. The first kappa shape index (κ1) is 27.1. The van der Waals surface area contributed by atoms with Gasteiger partial charge in [-0.05, 0) is 87.4 Å². The Bertz CT molecular complexity index is 1920. The minimum absolute atomic E-state index is 0.104. The molecule has 2 heterocycles. The number of nitrogens with one attached hydrogen (secondary N) is 1. The standard InChI is InChI=1S/C29H27FN4O5S/c1-6-40(36,37)33-22-8-10-26(38-28-16(2)11-21(30)12-17(28)3)25(14-22)34-15-18(4)27(35)23-13-20(7-9-24(23)34)29-31-19(5)39-32-29/h7-15,33H,6H2,1-5H3. The van der Waals surface area contributed by atoms with Gasteiger partial charge in [-0.15, -0.1) is 0 Å². The fourth-order valence-electron chi connectivity index (χ4n) is 4.49. The summed E-state index contributed by atoms with van der Waals surface area (Å²) in [5.74, 6) is 1.13. The van der Waals surface area contributed by atoms with Crippen LogP contribution in [-0.4, -0.2) is 28.9 Å². The van der Waals surface area contributed by atoms with Crippen LogP contribution in [0.5, 0.6) is 11.5 Å². The molecule has 40 heavy (non-hydrogen) atoms. The van der Waals surface area contributed by atoms with Gasteiger partial charge in [-0.2, -0.15) is 4.98 Å². The van der Waals surface area contributed by atoms with Crippen LogP contribution in [0, 0.1) is 33.5 Å². The van der Waals surface area contributed by atoms with Gasteiger partial charge in [0.25, 0.3) is 0 Å². The van der Waals surface area contributed by atoms with Gasteiger partial charge in [-0.25, -0.2) is 12.8 Å². The Morgan fingerprint density at radius 2 is 1.73 bits per heavy atom. The number of nitrogens with zero attached hydrogens (tertiary/aromatic N) is 3. The molecule has 0 aliphatic carbocycles. The van der Waals surface area contributed by atoms with E-state index < -0.39 is 10.0 Å². The summed E-state index contributed by atoms with van der Waals surface area (Å²) in [7, 11) is -3.57. The Kier molecular flexibility index (Phi) is 6.92. The summed E-state index contributed by atoms with van der Waals surface area (Å²) < 4.78 is 54.5. The largest absolute Gasteiger partial charge is 0.455 e. The van der Waals surface area contributed by atoms with Crippen LogP contribution in [-0.2, 0) is 10.0 Å². The van der Waals surface area contributed by atoms with E-state index in [1.807, 2.05) is 0 Å². The molecule has 9 nitrogen and oxygen atoms in total. The molecule has 0 radical (unpaired) electrons. The molecule has 0 saturated carbocycles. The molecular formula is C29H27FN4O5S. The maximum Gasteiger partial charge on any atom is 0.232 e. The molecule has 0 saturated heterocycles. The average Bonchev–Trinajstić information content (AvgIpc) is 3.34. The third kappa shape index (κ3) is 5.20. The van der Waals surface area contributed by atoms with E-state index in [0.29, 0.717) is 67.7 Å². The maximum absolute atomic E-state index is 14.0. The second-order valence-corrected chi connectivity index (χ2v) is 11.5. The average molecular weight is 563 g/mol. The molecule has 206 valence electrons. The van der Waals surface area contributed by atoms with E-state index in [0.717, 1.165) is 0 Å². The molecule has 0 fully saturated rings. The number of halogens is 1. The first-order chi connectivity index (χ1) is 19.0. The van der Waals surface area contributed by atoms with Gasteiger partial charge >= 0.3 is 0 Å². The van der Waals surface area contributed by atoms with E-state index in [2.05, 4.69) is 14.9 Å². The molecular weight excluding hydrogens is 535 g/mol. The van der Waals surface area contributed by atoms with Crippen molar-refractivity contribution in [3.63, 3.8) is 0 Å². The fourth-order valence-corrected chi connectivity index (χ4v) is 5.12. The number of ether oxygens (including phenoxy) is 1. The summed E-state index contributed by atoms with van der Waals surface area (Å²) in [4.78, 5) is 17.5. The van der Waals surface area contributed by atoms with Gasteiger partial charge in [0.2, 0.25) is 21.7 Å². The van der Waals surface area contributed by atoms with Gasteiger partial charge in [0.05, 0.1) is 22.6 Å². The van der Waals surface area contributed by atoms with Crippen molar-refractivity contribution in [3.05, 3.63) is 93.3 Å². The minimum Gasteiger partial charge on any atom is -0.455 e. The summed E-state index contributed by atoms with van der Waals surface area (Å²) in [5, 5.41) is 4.36. The summed E-state index contributed by atoms with van der Waals surface area (Å²) in [6, 6.07) is 12.9. The summed E-state index contributed by atoms with van der Waals surface area (Å²) in [6.07, 6.45) is 1.67. The van der Waals surface area contributed by atoms with Crippen molar-refractivity contribution in [1.82, 2.24) is 14.7 Å². The minimum atomic E-state index is -3.57. The second kappa shape index (κ2) is 10.2. The predicted molar refractivity (Wildman–Crippen MR) is 151 cm³/mol. The molecule has 0 unspecified atom stereocenters. The van der Waals surface area contributed by atoms with Crippen molar-refractivity contribution in [2.45, 2.75) is 34.6 Å². The number of rotatable bonds is 7. The zero-order valence-electron chi connectivity index (χ0n) is 22.6. The lowest BCUT2D eigenvalue weighted by Gasteiger charge is -2.20. The second-order valence-electron chi connectivity index (χ2n) is 9.54. The van der Waals surface area contributed by atoms with Crippen LogP contribution in [0.3, 0.4) is 0 Å². The number of pyridine rings is 1. The first-order valence-corrected chi connectivity index (χ1v) is 14.2. The number of aromatic nitrogens is 3. The van der Waals surface area contributed by atoms with Crippen LogP contribution in [0.25, 0.3) is 28.0 Å². The Hall–Kier alpha value is -4.51. The molecule has 11 heteroatoms. The molecule has 0 amide bonds. The van der Waals surface area contributed by atoms with E-state index in [-0.39, 0.29) is 17.0 Å². The quantitative estimate of drug-likeness (QED) is 0.260. The van der Waals surface area contributed by atoms with Crippen LogP contribution in [0.1, 0.15) is 29.5 Å². The van der Waals surface area contributed by atoms with Gasteiger partial charge in [0.1, 0.15) is 11.6 Å². The van der Waals surface area contributed by atoms with Gasteiger partial charge < -0.3 is 13.8 Å². The summed E-state index contributed by atoms with van der Waals surface area (Å²) in [5.41, 5.74) is 3.42. The van der Waals surface area contributed by atoms with E-state index >= 15 is 0 Å². The third-order valence-corrected chi connectivity index (χ3v) is 7.78. The lowest BCUT2D eigenvalue weighted by Crippen LogP contribution is -2.15. The lowest BCUT2D eigenvalue weighted by atomic mass is 10.1. The van der Waals surface area contributed by atoms with Crippen molar-refractivity contribution < 1.29 is 22.1 Å². The topological polar surface area (TPSA) is 116 Å². The Morgan fingerprint density at radius 3 is 2.38 bits per heavy atom. The van der Waals surface area contributed by atoms with Crippen molar-refractivity contribution in [2.75, 3.05) is 10.5 Å². The third-order valence-electron chi connectivity index (χ3n) is 6.48. The molecule has 1 N–H and O–H groups in total. The number of anilines is 1. The van der Waals surface area contributed by atoms with Gasteiger partial charge in [-0.3, -0.25) is 9.52 Å². The van der Waals surface area contributed by atoms with Crippen LogP contribution in [0.2, 0.25) is 0 Å². The number of benzene rings is 3. The highest BCUT2D eigenvalue weighted by Crippen LogP contribution is 2.36.